The van der Waals surface area contributed by atoms with E-state index in [1.165, 1.54) is 16.5 Å². The quantitative estimate of drug-likeness (QED) is 0.693. The molecule has 0 unspecified atom stereocenters. The van der Waals surface area contributed by atoms with Crippen molar-refractivity contribution in [1.29, 1.82) is 0 Å². The number of rotatable bonds is 4. The summed E-state index contributed by atoms with van der Waals surface area (Å²) in [6.45, 7) is 2.76. The molecule has 0 fully saturated rings. The van der Waals surface area contributed by atoms with E-state index in [0.29, 0.717) is 6.54 Å². The van der Waals surface area contributed by atoms with Crippen LogP contribution in [0.15, 0.2) is 60.8 Å². The van der Waals surface area contributed by atoms with Crippen LogP contribution in [0, 0.1) is 6.92 Å². The topological polar surface area (TPSA) is 70.9 Å². The van der Waals surface area contributed by atoms with E-state index in [4.69, 9.17) is 5.73 Å². The Bertz CT molecular complexity index is 734. The number of amides is 1. The van der Waals surface area contributed by atoms with Crippen LogP contribution in [-0.4, -0.2) is 24.0 Å². The Labute approximate surface area is 136 Å². The van der Waals surface area contributed by atoms with Crippen LogP contribution in [0.1, 0.15) is 11.1 Å². The molecule has 1 heterocycles. The number of nitrogens with one attached hydrogen (secondary N) is 2. The number of benzene rings is 2. The fraction of sp³-hybridized carbons (Fsp3) is 0.211. The molecule has 0 spiro atoms. The highest BCUT2D eigenvalue weighted by atomic mass is 16.1. The van der Waals surface area contributed by atoms with Gasteiger partial charge >= 0.3 is 0 Å². The zero-order chi connectivity index (χ0) is 16.5. The standard InChI is InChI=1S/C12H15N3O.C7H8/c13-7-12(16)14-6-5-9-8-15-11-4-2-1-3-10(9)11;1-7-5-3-2-4-6-7/h1-4,8,15H,5-7,13H2,(H,14,16);2-6H,1H3. The predicted molar refractivity (Wildman–Crippen MR) is 95.2 cm³/mol. The third-order valence-electron chi connectivity index (χ3n) is 3.52. The van der Waals surface area contributed by atoms with Crippen molar-refractivity contribution in [2.75, 3.05) is 13.1 Å². The van der Waals surface area contributed by atoms with Gasteiger partial charge in [-0.1, -0.05) is 54.1 Å². The summed E-state index contributed by atoms with van der Waals surface area (Å²) in [5, 5.41) is 3.97. The molecule has 120 valence electrons. The van der Waals surface area contributed by atoms with Crippen molar-refractivity contribution in [3.63, 3.8) is 0 Å². The second-order valence-electron chi connectivity index (χ2n) is 5.32. The number of para-hydroxylation sites is 1. The number of hydrogen-bond donors (Lipinski definition) is 3. The summed E-state index contributed by atoms with van der Waals surface area (Å²) in [6, 6.07) is 18.4. The van der Waals surface area contributed by atoms with Gasteiger partial charge in [-0.05, 0) is 25.0 Å². The van der Waals surface area contributed by atoms with Gasteiger partial charge in [0.1, 0.15) is 0 Å². The van der Waals surface area contributed by atoms with Gasteiger partial charge in [-0.15, -0.1) is 0 Å². The molecule has 2 aromatic carbocycles. The van der Waals surface area contributed by atoms with E-state index in [0.717, 1.165) is 11.9 Å². The van der Waals surface area contributed by atoms with Crippen molar-refractivity contribution in [3.05, 3.63) is 71.9 Å². The second-order valence-corrected chi connectivity index (χ2v) is 5.32. The van der Waals surface area contributed by atoms with Crippen molar-refractivity contribution >= 4 is 16.8 Å². The average Bonchev–Trinajstić information content (AvgIpc) is 2.99. The van der Waals surface area contributed by atoms with Gasteiger partial charge in [0.15, 0.2) is 0 Å². The first-order valence-electron chi connectivity index (χ1n) is 7.74. The first-order valence-corrected chi connectivity index (χ1v) is 7.74. The average molecular weight is 309 g/mol. The molecule has 3 aromatic rings. The zero-order valence-electron chi connectivity index (χ0n) is 13.4. The highest BCUT2D eigenvalue weighted by molar-refractivity contribution is 5.83. The molecular formula is C19H23N3O. The summed E-state index contributed by atoms with van der Waals surface area (Å²) in [7, 11) is 0. The first kappa shape index (κ1) is 16.8. The Morgan fingerprint density at radius 2 is 1.78 bits per heavy atom. The summed E-state index contributed by atoms with van der Waals surface area (Å²) < 4.78 is 0. The van der Waals surface area contributed by atoms with Crippen molar-refractivity contribution in [3.8, 4) is 0 Å². The summed E-state index contributed by atoms with van der Waals surface area (Å²) in [5.74, 6) is -0.111. The molecule has 0 atom stereocenters. The van der Waals surface area contributed by atoms with Crippen molar-refractivity contribution in [2.24, 2.45) is 5.73 Å². The highest BCUT2D eigenvalue weighted by Gasteiger charge is 2.03. The van der Waals surface area contributed by atoms with Gasteiger partial charge in [-0.25, -0.2) is 0 Å². The molecule has 4 nitrogen and oxygen atoms in total. The van der Waals surface area contributed by atoms with E-state index in [9.17, 15) is 4.79 Å². The largest absolute Gasteiger partial charge is 0.361 e. The van der Waals surface area contributed by atoms with Crippen LogP contribution >= 0.6 is 0 Å². The molecular weight excluding hydrogens is 286 g/mol. The molecule has 0 radical (unpaired) electrons. The van der Waals surface area contributed by atoms with Crippen LogP contribution in [0.25, 0.3) is 10.9 Å². The molecule has 4 N–H and O–H groups in total. The maximum atomic E-state index is 11.0. The number of nitrogens with two attached hydrogens (primary N) is 1. The lowest BCUT2D eigenvalue weighted by atomic mass is 10.1. The van der Waals surface area contributed by atoms with E-state index >= 15 is 0 Å². The van der Waals surface area contributed by atoms with Gasteiger partial charge in [-0.2, -0.15) is 0 Å². The zero-order valence-corrected chi connectivity index (χ0v) is 13.4. The third-order valence-corrected chi connectivity index (χ3v) is 3.52. The maximum absolute atomic E-state index is 11.0. The molecule has 0 aliphatic heterocycles. The molecule has 3 rings (SSSR count). The Balaban J connectivity index is 0.000000229. The molecule has 0 aliphatic rings. The molecule has 1 aromatic heterocycles. The number of H-pyrrole nitrogens is 1. The number of fused-ring (bicyclic) bond motifs is 1. The van der Waals surface area contributed by atoms with Gasteiger partial charge in [0.25, 0.3) is 0 Å². The fourth-order valence-corrected chi connectivity index (χ4v) is 2.28. The number of aryl methyl sites for hydroxylation is 1. The van der Waals surface area contributed by atoms with Crippen LogP contribution in [0.2, 0.25) is 0 Å². The van der Waals surface area contributed by atoms with E-state index in [1.54, 1.807) is 0 Å². The van der Waals surface area contributed by atoms with Crippen LogP contribution in [0.3, 0.4) is 0 Å². The number of carbonyl (C=O) groups is 1. The molecule has 4 heteroatoms. The third kappa shape index (κ3) is 5.27. The molecule has 0 saturated carbocycles. The molecule has 23 heavy (non-hydrogen) atoms. The Morgan fingerprint density at radius 1 is 1.09 bits per heavy atom. The molecule has 0 aliphatic carbocycles. The smallest absolute Gasteiger partial charge is 0.233 e. The fourth-order valence-electron chi connectivity index (χ4n) is 2.28. The lowest BCUT2D eigenvalue weighted by Gasteiger charge is -2.02. The predicted octanol–water partition coefficient (Wildman–Crippen LogP) is 2.78. The van der Waals surface area contributed by atoms with Gasteiger partial charge in [0, 0.05) is 23.6 Å². The number of aromatic nitrogens is 1. The number of hydrogen-bond acceptors (Lipinski definition) is 2. The highest BCUT2D eigenvalue weighted by Crippen LogP contribution is 2.17. The van der Waals surface area contributed by atoms with E-state index in [1.807, 2.05) is 42.6 Å². The minimum absolute atomic E-state index is 0.0495. The van der Waals surface area contributed by atoms with Gasteiger partial charge < -0.3 is 16.0 Å². The van der Waals surface area contributed by atoms with Crippen molar-refractivity contribution < 1.29 is 4.79 Å². The second kappa shape index (κ2) is 8.76. The Kier molecular flexibility index (Phi) is 6.39. The SMILES string of the molecule is Cc1ccccc1.NCC(=O)NCCc1c[nH]c2ccccc12. The monoisotopic (exact) mass is 309 g/mol. The minimum atomic E-state index is -0.111. The Hall–Kier alpha value is -2.59. The minimum Gasteiger partial charge on any atom is -0.361 e. The lowest BCUT2D eigenvalue weighted by molar-refractivity contribution is -0.119. The number of carbonyl (C=O) groups excluding carboxylic acids is 1. The van der Waals surface area contributed by atoms with Crippen molar-refractivity contribution in [2.45, 2.75) is 13.3 Å². The summed E-state index contributed by atoms with van der Waals surface area (Å²) in [6.07, 6.45) is 2.80. The number of aromatic amines is 1. The summed E-state index contributed by atoms with van der Waals surface area (Å²) >= 11 is 0. The normalized spacial score (nSPS) is 10.0. The maximum Gasteiger partial charge on any atom is 0.233 e. The Morgan fingerprint density at radius 3 is 2.43 bits per heavy atom. The van der Waals surface area contributed by atoms with Gasteiger partial charge in [0.05, 0.1) is 6.54 Å². The van der Waals surface area contributed by atoms with Crippen LogP contribution in [0.5, 0.6) is 0 Å². The lowest BCUT2D eigenvalue weighted by Crippen LogP contribution is -2.31. The van der Waals surface area contributed by atoms with Crippen molar-refractivity contribution in [1.82, 2.24) is 10.3 Å². The molecule has 0 bridgehead atoms. The van der Waals surface area contributed by atoms with Gasteiger partial charge in [-0.3, -0.25) is 4.79 Å². The summed E-state index contributed by atoms with van der Waals surface area (Å²) in [4.78, 5) is 14.2. The van der Waals surface area contributed by atoms with Crippen LogP contribution in [0.4, 0.5) is 0 Å². The summed E-state index contributed by atoms with van der Waals surface area (Å²) in [5.41, 5.74) is 8.87. The van der Waals surface area contributed by atoms with Gasteiger partial charge in [0.2, 0.25) is 5.91 Å². The first-order chi connectivity index (χ1) is 11.2. The molecule has 0 saturated heterocycles. The van der Waals surface area contributed by atoms with Crippen LogP contribution < -0.4 is 11.1 Å². The molecule has 1 amide bonds. The van der Waals surface area contributed by atoms with Crippen LogP contribution in [-0.2, 0) is 11.2 Å². The van der Waals surface area contributed by atoms with E-state index in [-0.39, 0.29) is 12.5 Å². The van der Waals surface area contributed by atoms with E-state index < -0.39 is 0 Å². The van der Waals surface area contributed by atoms with E-state index in [2.05, 4.69) is 35.4 Å².